The van der Waals surface area contributed by atoms with Gasteiger partial charge in [0, 0.05) is 10.8 Å². The van der Waals surface area contributed by atoms with E-state index in [9.17, 15) is 14.4 Å². The Morgan fingerprint density at radius 3 is 2.27 bits per heavy atom. The van der Waals surface area contributed by atoms with E-state index in [-0.39, 0.29) is 16.7 Å². The van der Waals surface area contributed by atoms with Gasteiger partial charge in [-0.1, -0.05) is 29.2 Å². The van der Waals surface area contributed by atoms with Crippen molar-refractivity contribution in [1.29, 1.82) is 0 Å². The summed E-state index contributed by atoms with van der Waals surface area (Å²) < 4.78 is 16.0. The molecule has 5 rings (SSSR count). The zero-order valence-electron chi connectivity index (χ0n) is 18.0. The highest BCUT2D eigenvalue weighted by Gasteiger charge is 2.56. The minimum Gasteiger partial charge on any atom is -0.497 e. The predicted octanol–water partition coefficient (Wildman–Crippen LogP) is 3.26. The molecule has 3 aromatic rings. The van der Waals surface area contributed by atoms with Crippen molar-refractivity contribution in [2.45, 2.75) is 16.2 Å². The molecule has 10 heteroatoms. The number of amides is 2. The molecule has 2 aromatic carbocycles. The number of imide groups is 1. The van der Waals surface area contributed by atoms with Crippen LogP contribution in [0.4, 0.5) is 5.69 Å². The molecule has 3 atom stereocenters. The third-order valence-corrected chi connectivity index (χ3v) is 8.32. The van der Waals surface area contributed by atoms with Gasteiger partial charge in [-0.15, -0.1) is 0 Å². The maximum atomic E-state index is 13.7. The van der Waals surface area contributed by atoms with Gasteiger partial charge in [-0.25, -0.2) is 4.90 Å². The summed E-state index contributed by atoms with van der Waals surface area (Å²) in [5.41, 5.74) is 1.26. The van der Waals surface area contributed by atoms with E-state index in [1.165, 1.54) is 23.8 Å². The summed E-state index contributed by atoms with van der Waals surface area (Å²) >= 11 is 2.31. The molecule has 0 radical (unpaired) electrons. The van der Waals surface area contributed by atoms with Crippen molar-refractivity contribution in [1.82, 2.24) is 4.98 Å². The molecule has 0 spiro atoms. The number of carbonyl (C=O) groups excluding carboxylic acids is 2. The van der Waals surface area contributed by atoms with Crippen molar-refractivity contribution in [3.63, 3.8) is 0 Å². The summed E-state index contributed by atoms with van der Waals surface area (Å²) in [7, 11) is 4.64. The Kier molecular flexibility index (Phi) is 5.41. The van der Waals surface area contributed by atoms with Crippen LogP contribution >= 0.6 is 23.1 Å². The number of fused-ring (bicyclic) bond motifs is 2. The van der Waals surface area contributed by atoms with E-state index in [1.807, 2.05) is 6.07 Å². The first kappa shape index (κ1) is 21.6. The first-order valence-corrected chi connectivity index (χ1v) is 11.8. The number of thioether (sulfide) groups is 1. The fraction of sp³-hybridized carbons (Fsp3) is 0.261. The van der Waals surface area contributed by atoms with Gasteiger partial charge in [0.25, 0.3) is 0 Å². The summed E-state index contributed by atoms with van der Waals surface area (Å²) in [5.74, 6) is -0.0432. The van der Waals surface area contributed by atoms with E-state index in [0.717, 1.165) is 21.8 Å². The standard InChI is InChI=1S/C23H20N2O6S2/c1-29-13-7-5-12(6-8-13)25-21(26)17-16(11-4-9-14(30-2)15(10-11)31-3)18-20(24-23(28)33-18)32-19(17)22(25)27/h4-10,16-17,19H,1-3H3,(H,24,28). The number of aromatic nitrogens is 1. The van der Waals surface area contributed by atoms with Crippen molar-refractivity contribution in [2.24, 2.45) is 5.92 Å². The number of methoxy groups -OCH3 is 3. The Morgan fingerprint density at radius 2 is 1.61 bits per heavy atom. The highest BCUT2D eigenvalue weighted by molar-refractivity contribution is 8.00. The molecule has 0 aliphatic carbocycles. The molecule has 2 aliphatic heterocycles. The Balaban J connectivity index is 1.63. The van der Waals surface area contributed by atoms with Gasteiger partial charge in [0.05, 0.1) is 38.0 Å². The van der Waals surface area contributed by atoms with Crippen LogP contribution in [-0.4, -0.2) is 43.4 Å². The topological polar surface area (TPSA) is 97.9 Å². The first-order chi connectivity index (χ1) is 16.0. The molecule has 0 bridgehead atoms. The number of anilines is 1. The van der Waals surface area contributed by atoms with Crippen molar-refractivity contribution < 1.29 is 23.8 Å². The van der Waals surface area contributed by atoms with Crippen LogP contribution in [-0.2, 0) is 9.59 Å². The monoisotopic (exact) mass is 484 g/mol. The molecule has 170 valence electrons. The number of hydrogen-bond acceptors (Lipinski definition) is 8. The number of rotatable bonds is 5. The van der Waals surface area contributed by atoms with E-state index < -0.39 is 17.1 Å². The number of H-pyrrole nitrogens is 1. The Morgan fingerprint density at radius 1 is 0.879 bits per heavy atom. The third kappa shape index (κ3) is 3.41. The van der Waals surface area contributed by atoms with E-state index >= 15 is 0 Å². The Hall–Kier alpha value is -3.24. The van der Waals surface area contributed by atoms with Crippen LogP contribution in [0.3, 0.4) is 0 Å². The van der Waals surface area contributed by atoms with Crippen LogP contribution < -0.4 is 24.0 Å². The maximum Gasteiger partial charge on any atom is 0.305 e. The molecule has 3 heterocycles. The van der Waals surface area contributed by atoms with Gasteiger partial charge in [0.1, 0.15) is 11.0 Å². The second kappa shape index (κ2) is 8.27. The lowest BCUT2D eigenvalue weighted by atomic mass is 9.83. The average molecular weight is 485 g/mol. The highest BCUT2D eigenvalue weighted by Crippen LogP contribution is 2.53. The first-order valence-electron chi connectivity index (χ1n) is 10.1. The van der Waals surface area contributed by atoms with Gasteiger partial charge < -0.3 is 19.2 Å². The number of aromatic amines is 1. The molecule has 1 saturated heterocycles. The molecule has 8 nitrogen and oxygen atoms in total. The number of benzene rings is 2. The maximum absolute atomic E-state index is 13.7. The van der Waals surface area contributed by atoms with Crippen molar-refractivity contribution in [3.8, 4) is 17.2 Å². The lowest BCUT2D eigenvalue weighted by Crippen LogP contribution is -2.32. The van der Waals surface area contributed by atoms with Crippen LogP contribution in [0, 0.1) is 5.92 Å². The Labute approximate surface area is 197 Å². The zero-order chi connectivity index (χ0) is 23.3. The number of nitrogens with zero attached hydrogens (tertiary/aromatic N) is 1. The second-order valence-electron chi connectivity index (χ2n) is 7.57. The molecule has 2 amide bonds. The number of hydrogen-bond donors (Lipinski definition) is 1. The summed E-state index contributed by atoms with van der Waals surface area (Å²) in [5, 5.41) is -0.0285. The van der Waals surface area contributed by atoms with Crippen molar-refractivity contribution in [2.75, 3.05) is 26.2 Å². The molecule has 0 saturated carbocycles. The fourth-order valence-corrected chi connectivity index (χ4v) is 6.92. The molecule has 1 fully saturated rings. The Bertz CT molecular complexity index is 1300. The van der Waals surface area contributed by atoms with Crippen molar-refractivity contribution in [3.05, 3.63) is 62.6 Å². The van der Waals surface area contributed by atoms with E-state index in [2.05, 4.69) is 4.98 Å². The molecule has 1 aromatic heterocycles. The lowest BCUT2D eigenvalue weighted by Gasteiger charge is -2.30. The molecule has 2 aliphatic rings. The molecule has 33 heavy (non-hydrogen) atoms. The van der Waals surface area contributed by atoms with Crippen LogP contribution in [0.25, 0.3) is 0 Å². The lowest BCUT2D eigenvalue weighted by molar-refractivity contribution is -0.122. The smallest absolute Gasteiger partial charge is 0.305 e. The van der Waals surface area contributed by atoms with Gasteiger partial charge in [-0.2, -0.15) is 0 Å². The largest absolute Gasteiger partial charge is 0.497 e. The van der Waals surface area contributed by atoms with Gasteiger partial charge in [0.2, 0.25) is 11.8 Å². The fourth-order valence-electron chi connectivity index (χ4n) is 4.41. The van der Waals surface area contributed by atoms with E-state index in [4.69, 9.17) is 14.2 Å². The zero-order valence-corrected chi connectivity index (χ0v) is 19.6. The third-order valence-electron chi connectivity index (χ3n) is 5.92. The second-order valence-corrected chi connectivity index (χ2v) is 9.74. The van der Waals surface area contributed by atoms with Crippen molar-refractivity contribution >= 4 is 40.6 Å². The number of thiazole rings is 1. The van der Waals surface area contributed by atoms with Crippen LogP contribution in [0.1, 0.15) is 16.4 Å². The van der Waals surface area contributed by atoms with E-state index in [0.29, 0.717) is 28.0 Å². The average Bonchev–Trinajstić information content (AvgIpc) is 3.33. The number of nitrogens with one attached hydrogen (secondary N) is 1. The van der Waals surface area contributed by atoms with Crippen LogP contribution in [0.15, 0.2) is 52.3 Å². The van der Waals surface area contributed by atoms with Gasteiger partial charge in [-0.3, -0.25) is 14.4 Å². The highest BCUT2D eigenvalue weighted by atomic mass is 32.2. The van der Waals surface area contributed by atoms with E-state index in [1.54, 1.807) is 50.6 Å². The predicted molar refractivity (Wildman–Crippen MR) is 125 cm³/mol. The number of ether oxygens (including phenoxy) is 3. The summed E-state index contributed by atoms with van der Waals surface area (Å²) in [4.78, 5) is 44.0. The number of carbonyl (C=O) groups is 2. The minimum atomic E-state index is -0.665. The molecular formula is C23H20N2O6S2. The normalized spacial score (nSPS) is 21.5. The minimum absolute atomic E-state index is 0.218. The summed E-state index contributed by atoms with van der Waals surface area (Å²) in [6.07, 6.45) is 0. The molecule has 1 N–H and O–H groups in total. The SMILES string of the molecule is COc1ccc(N2C(=O)C3Sc4[nH]c(=O)sc4C(c4ccc(OC)c(OC)c4)C3C2=O)cc1. The van der Waals surface area contributed by atoms with Crippen LogP contribution in [0.5, 0.6) is 17.2 Å². The molecule has 3 unspecified atom stereocenters. The van der Waals surface area contributed by atoms with Gasteiger partial charge in [0.15, 0.2) is 11.5 Å². The van der Waals surface area contributed by atoms with Gasteiger partial charge in [-0.05, 0) is 42.0 Å². The quantitative estimate of drug-likeness (QED) is 0.555. The van der Waals surface area contributed by atoms with Crippen LogP contribution in [0.2, 0.25) is 0 Å². The summed E-state index contributed by atoms with van der Waals surface area (Å²) in [6.45, 7) is 0. The molecular weight excluding hydrogens is 464 g/mol. The van der Waals surface area contributed by atoms with Gasteiger partial charge >= 0.3 is 4.87 Å². The summed E-state index contributed by atoms with van der Waals surface area (Å²) in [6, 6.07) is 12.2.